The average Bonchev–Trinajstić information content (AvgIpc) is 2.47. The van der Waals surface area contributed by atoms with E-state index in [1.165, 1.54) is 24.3 Å². The summed E-state index contributed by atoms with van der Waals surface area (Å²) in [5.74, 6) is -1.24. The zero-order valence-electron chi connectivity index (χ0n) is 12.8. The number of nitrogens with one attached hydrogen (secondary N) is 1. The molecule has 23 heavy (non-hydrogen) atoms. The molecule has 1 atom stereocenters. The second kappa shape index (κ2) is 7.53. The SMILES string of the molecule is CN(C)C(CNC(=O)c1ccc(F)cc1Cl)c1cccc(F)c1. The van der Waals surface area contributed by atoms with Crippen molar-refractivity contribution in [3.05, 3.63) is 70.2 Å². The van der Waals surface area contributed by atoms with Gasteiger partial charge in [0.05, 0.1) is 16.6 Å². The lowest BCUT2D eigenvalue weighted by Crippen LogP contribution is -2.34. The van der Waals surface area contributed by atoms with Crippen molar-refractivity contribution in [2.45, 2.75) is 6.04 Å². The first-order valence-electron chi connectivity index (χ1n) is 7.03. The minimum absolute atomic E-state index is 0.0506. The summed E-state index contributed by atoms with van der Waals surface area (Å²) in [5, 5.41) is 2.80. The van der Waals surface area contributed by atoms with Crippen LogP contribution in [0, 0.1) is 11.6 Å². The number of likely N-dealkylation sites (N-methyl/N-ethyl adjacent to an activating group) is 1. The molecule has 1 unspecified atom stereocenters. The van der Waals surface area contributed by atoms with Gasteiger partial charge in [-0.25, -0.2) is 8.78 Å². The third kappa shape index (κ3) is 4.50. The van der Waals surface area contributed by atoms with Gasteiger partial charge in [0.2, 0.25) is 0 Å². The molecule has 0 heterocycles. The van der Waals surface area contributed by atoms with Crippen molar-refractivity contribution in [2.24, 2.45) is 0 Å². The summed E-state index contributed by atoms with van der Waals surface area (Å²) in [5.41, 5.74) is 0.949. The fourth-order valence-electron chi connectivity index (χ4n) is 2.27. The molecule has 0 fully saturated rings. The number of rotatable bonds is 5. The van der Waals surface area contributed by atoms with E-state index in [1.54, 1.807) is 12.1 Å². The zero-order chi connectivity index (χ0) is 17.0. The van der Waals surface area contributed by atoms with Gasteiger partial charge < -0.3 is 10.2 Å². The first-order chi connectivity index (χ1) is 10.9. The highest BCUT2D eigenvalue weighted by Crippen LogP contribution is 2.20. The molecule has 2 rings (SSSR count). The fraction of sp³-hybridized carbons (Fsp3) is 0.235. The number of benzene rings is 2. The molecule has 0 aliphatic heterocycles. The highest BCUT2D eigenvalue weighted by molar-refractivity contribution is 6.33. The Morgan fingerprint density at radius 2 is 1.87 bits per heavy atom. The highest BCUT2D eigenvalue weighted by Gasteiger charge is 2.17. The van der Waals surface area contributed by atoms with Gasteiger partial charge in [0, 0.05) is 6.54 Å². The van der Waals surface area contributed by atoms with E-state index in [2.05, 4.69) is 5.32 Å². The second-order valence-corrected chi connectivity index (χ2v) is 5.78. The molecule has 0 radical (unpaired) electrons. The Kier molecular flexibility index (Phi) is 5.69. The molecule has 0 bridgehead atoms. The number of hydrogen-bond donors (Lipinski definition) is 1. The van der Waals surface area contributed by atoms with Gasteiger partial charge in [-0.1, -0.05) is 23.7 Å². The van der Waals surface area contributed by atoms with Crippen molar-refractivity contribution >= 4 is 17.5 Å². The smallest absolute Gasteiger partial charge is 0.252 e. The molecule has 1 amide bonds. The number of nitrogens with zero attached hydrogens (tertiary/aromatic N) is 1. The van der Waals surface area contributed by atoms with Crippen molar-refractivity contribution in [1.29, 1.82) is 0 Å². The van der Waals surface area contributed by atoms with Gasteiger partial charge in [-0.2, -0.15) is 0 Å². The molecule has 0 aliphatic rings. The Bertz CT molecular complexity index is 707. The maximum absolute atomic E-state index is 13.4. The van der Waals surface area contributed by atoms with Gasteiger partial charge in [-0.15, -0.1) is 0 Å². The second-order valence-electron chi connectivity index (χ2n) is 5.37. The van der Waals surface area contributed by atoms with Crippen LogP contribution in [-0.4, -0.2) is 31.4 Å². The van der Waals surface area contributed by atoms with E-state index in [9.17, 15) is 13.6 Å². The van der Waals surface area contributed by atoms with Crippen molar-refractivity contribution in [2.75, 3.05) is 20.6 Å². The molecule has 1 N–H and O–H groups in total. The maximum Gasteiger partial charge on any atom is 0.252 e. The predicted molar refractivity (Wildman–Crippen MR) is 86.6 cm³/mol. The summed E-state index contributed by atoms with van der Waals surface area (Å²) in [7, 11) is 3.68. The molecule has 6 heteroatoms. The lowest BCUT2D eigenvalue weighted by atomic mass is 10.1. The number of halogens is 3. The topological polar surface area (TPSA) is 32.3 Å². The highest BCUT2D eigenvalue weighted by atomic mass is 35.5. The summed E-state index contributed by atoms with van der Waals surface area (Å²) in [6, 6.07) is 9.62. The number of carbonyl (C=O) groups excluding carboxylic acids is 1. The van der Waals surface area contributed by atoms with Crippen LogP contribution in [0.3, 0.4) is 0 Å². The Balaban J connectivity index is 2.11. The minimum Gasteiger partial charge on any atom is -0.350 e. The van der Waals surface area contributed by atoms with Crippen molar-refractivity contribution in [3.63, 3.8) is 0 Å². The molecule has 0 spiro atoms. The maximum atomic E-state index is 13.4. The van der Waals surface area contributed by atoms with E-state index in [4.69, 9.17) is 11.6 Å². The monoisotopic (exact) mass is 338 g/mol. The molecule has 0 saturated heterocycles. The van der Waals surface area contributed by atoms with Gasteiger partial charge in [0.25, 0.3) is 5.91 Å². The van der Waals surface area contributed by atoms with E-state index in [0.29, 0.717) is 0 Å². The molecule has 0 saturated carbocycles. The average molecular weight is 339 g/mol. The summed E-state index contributed by atoms with van der Waals surface area (Å²) in [6.45, 7) is 0.267. The number of amides is 1. The van der Waals surface area contributed by atoms with Gasteiger partial charge >= 0.3 is 0 Å². The van der Waals surface area contributed by atoms with Crippen LogP contribution in [0.25, 0.3) is 0 Å². The Morgan fingerprint density at radius 1 is 1.17 bits per heavy atom. The lowest BCUT2D eigenvalue weighted by molar-refractivity contribution is 0.0942. The summed E-state index contributed by atoms with van der Waals surface area (Å²) < 4.78 is 26.4. The lowest BCUT2D eigenvalue weighted by Gasteiger charge is -2.25. The van der Waals surface area contributed by atoms with E-state index in [1.807, 2.05) is 19.0 Å². The van der Waals surface area contributed by atoms with Crippen LogP contribution in [0.15, 0.2) is 42.5 Å². The van der Waals surface area contributed by atoms with Gasteiger partial charge in [0.1, 0.15) is 11.6 Å². The molecule has 2 aromatic carbocycles. The van der Waals surface area contributed by atoms with Crippen LogP contribution in [0.4, 0.5) is 8.78 Å². The number of carbonyl (C=O) groups is 1. The molecule has 2 aromatic rings. The molecule has 3 nitrogen and oxygen atoms in total. The Morgan fingerprint density at radius 3 is 2.48 bits per heavy atom. The largest absolute Gasteiger partial charge is 0.350 e. The number of hydrogen-bond acceptors (Lipinski definition) is 2. The zero-order valence-corrected chi connectivity index (χ0v) is 13.6. The summed E-state index contributed by atoms with van der Waals surface area (Å²) >= 11 is 5.88. The van der Waals surface area contributed by atoms with E-state index >= 15 is 0 Å². The van der Waals surface area contributed by atoms with E-state index in [-0.39, 0.29) is 29.0 Å². The summed E-state index contributed by atoms with van der Waals surface area (Å²) in [4.78, 5) is 14.1. The van der Waals surface area contributed by atoms with E-state index in [0.717, 1.165) is 11.6 Å². The van der Waals surface area contributed by atoms with Crippen LogP contribution >= 0.6 is 11.6 Å². The van der Waals surface area contributed by atoms with Gasteiger partial charge in [-0.3, -0.25) is 4.79 Å². The van der Waals surface area contributed by atoms with Gasteiger partial charge in [-0.05, 0) is 50.0 Å². The van der Waals surface area contributed by atoms with Crippen molar-refractivity contribution < 1.29 is 13.6 Å². The molecule has 0 aromatic heterocycles. The predicted octanol–water partition coefficient (Wildman–Crippen LogP) is 3.65. The quantitative estimate of drug-likeness (QED) is 0.902. The first-order valence-corrected chi connectivity index (χ1v) is 7.41. The van der Waals surface area contributed by atoms with Crippen LogP contribution in [-0.2, 0) is 0 Å². The van der Waals surface area contributed by atoms with Crippen LogP contribution in [0.5, 0.6) is 0 Å². The minimum atomic E-state index is -0.502. The normalized spacial score (nSPS) is 12.3. The molecular formula is C17H17ClF2N2O. The van der Waals surface area contributed by atoms with Gasteiger partial charge in [0.15, 0.2) is 0 Å². The fourth-order valence-corrected chi connectivity index (χ4v) is 2.52. The van der Waals surface area contributed by atoms with Crippen molar-refractivity contribution in [1.82, 2.24) is 10.2 Å². The van der Waals surface area contributed by atoms with Crippen LogP contribution in [0.2, 0.25) is 5.02 Å². The van der Waals surface area contributed by atoms with Crippen molar-refractivity contribution in [3.8, 4) is 0 Å². The summed E-state index contributed by atoms with van der Waals surface area (Å²) in [6.07, 6.45) is 0. The Hall–Kier alpha value is -1.98. The first kappa shape index (κ1) is 17.4. The Labute approximate surface area is 138 Å². The molecule has 122 valence electrons. The van der Waals surface area contributed by atoms with E-state index < -0.39 is 11.7 Å². The molecular weight excluding hydrogens is 322 g/mol. The van der Waals surface area contributed by atoms with Crippen LogP contribution < -0.4 is 5.32 Å². The third-order valence-electron chi connectivity index (χ3n) is 3.49. The third-order valence-corrected chi connectivity index (χ3v) is 3.80. The molecule has 0 aliphatic carbocycles. The standard InChI is InChI=1S/C17H17ClF2N2O/c1-22(2)16(11-4-3-5-12(19)8-11)10-21-17(23)14-7-6-13(20)9-15(14)18/h3-9,16H,10H2,1-2H3,(H,21,23). The van der Waals surface area contributed by atoms with Crippen LogP contribution in [0.1, 0.15) is 22.0 Å².